The maximum atomic E-state index is 13.8. The van der Waals surface area contributed by atoms with E-state index in [2.05, 4.69) is 5.10 Å². The Hall–Kier alpha value is -2.50. The number of primary amides is 1. The van der Waals surface area contributed by atoms with Crippen molar-refractivity contribution in [3.63, 3.8) is 0 Å². The summed E-state index contributed by atoms with van der Waals surface area (Å²) in [6.45, 7) is 1.35. The lowest BCUT2D eigenvalue weighted by Crippen LogP contribution is -2.12. The summed E-state index contributed by atoms with van der Waals surface area (Å²) < 4.78 is 15.0. The Balaban J connectivity index is 2.44. The molecular formula is C12H10FN3O2. The van der Waals surface area contributed by atoms with E-state index < -0.39 is 11.7 Å². The maximum absolute atomic E-state index is 13.8. The Labute approximate surface area is 102 Å². The van der Waals surface area contributed by atoms with E-state index in [0.717, 1.165) is 6.07 Å². The van der Waals surface area contributed by atoms with Gasteiger partial charge in [-0.2, -0.15) is 5.10 Å². The van der Waals surface area contributed by atoms with Crippen LogP contribution in [0.4, 0.5) is 4.39 Å². The Morgan fingerprint density at radius 1 is 1.33 bits per heavy atom. The van der Waals surface area contributed by atoms with E-state index in [4.69, 9.17) is 5.73 Å². The first kappa shape index (κ1) is 12.0. The zero-order valence-electron chi connectivity index (χ0n) is 9.55. The fourth-order valence-electron chi connectivity index (χ4n) is 1.50. The Kier molecular flexibility index (Phi) is 2.93. The van der Waals surface area contributed by atoms with Gasteiger partial charge in [0.1, 0.15) is 17.2 Å². The smallest absolute Gasteiger partial charge is 0.269 e. The molecule has 0 bridgehead atoms. The number of halogens is 1. The monoisotopic (exact) mass is 247 g/mol. The first-order valence-corrected chi connectivity index (χ1v) is 5.15. The van der Waals surface area contributed by atoms with Crippen molar-refractivity contribution in [2.45, 2.75) is 6.92 Å². The highest BCUT2D eigenvalue weighted by Gasteiger charge is 2.11. The fraction of sp³-hybridized carbons (Fsp3) is 0.0833. The largest absolute Gasteiger partial charge is 0.364 e. The number of Topliss-reactive ketones (excluding diaryl/α,β-unsaturated/α-hetero) is 1. The van der Waals surface area contributed by atoms with Crippen LogP contribution >= 0.6 is 0 Å². The molecule has 6 heteroatoms. The summed E-state index contributed by atoms with van der Waals surface area (Å²) in [7, 11) is 0. The van der Waals surface area contributed by atoms with Crippen molar-refractivity contribution in [1.82, 2.24) is 9.78 Å². The van der Waals surface area contributed by atoms with Crippen molar-refractivity contribution in [1.29, 1.82) is 0 Å². The molecular weight excluding hydrogens is 237 g/mol. The highest BCUT2D eigenvalue weighted by Crippen LogP contribution is 2.15. The number of amides is 1. The lowest BCUT2D eigenvalue weighted by molar-refractivity contribution is 0.0992. The quantitative estimate of drug-likeness (QED) is 0.830. The molecule has 1 aromatic carbocycles. The van der Waals surface area contributed by atoms with Gasteiger partial charge in [0, 0.05) is 11.8 Å². The number of ketones is 1. The van der Waals surface area contributed by atoms with Crippen LogP contribution in [0.1, 0.15) is 27.8 Å². The summed E-state index contributed by atoms with van der Waals surface area (Å²) in [5, 5.41) is 3.83. The molecule has 0 saturated heterocycles. The molecule has 0 spiro atoms. The van der Waals surface area contributed by atoms with Crippen LogP contribution in [-0.2, 0) is 0 Å². The molecule has 0 fully saturated rings. The molecule has 0 saturated carbocycles. The Morgan fingerprint density at radius 3 is 2.56 bits per heavy atom. The zero-order chi connectivity index (χ0) is 13.3. The lowest BCUT2D eigenvalue weighted by Gasteiger charge is -2.04. The molecule has 0 aliphatic rings. The first-order chi connectivity index (χ1) is 8.49. The van der Waals surface area contributed by atoms with E-state index in [1.165, 1.54) is 36.0 Å². The third-order valence-corrected chi connectivity index (χ3v) is 2.44. The van der Waals surface area contributed by atoms with Gasteiger partial charge in [0.15, 0.2) is 5.78 Å². The minimum Gasteiger partial charge on any atom is -0.364 e. The highest BCUT2D eigenvalue weighted by molar-refractivity contribution is 5.94. The van der Waals surface area contributed by atoms with Crippen LogP contribution in [0.3, 0.4) is 0 Å². The van der Waals surface area contributed by atoms with E-state index in [0.29, 0.717) is 0 Å². The number of carbonyl (C=O) groups is 2. The van der Waals surface area contributed by atoms with Crippen molar-refractivity contribution < 1.29 is 14.0 Å². The predicted octanol–water partition coefficient (Wildman–Crippen LogP) is 1.31. The molecule has 1 aromatic heterocycles. The van der Waals surface area contributed by atoms with Crippen molar-refractivity contribution in [2.75, 3.05) is 0 Å². The average Bonchev–Trinajstić information content (AvgIpc) is 2.78. The van der Waals surface area contributed by atoms with Crippen molar-refractivity contribution in [2.24, 2.45) is 5.73 Å². The van der Waals surface area contributed by atoms with Crippen LogP contribution in [-0.4, -0.2) is 21.5 Å². The summed E-state index contributed by atoms with van der Waals surface area (Å²) in [5.74, 6) is -1.50. The molecule has 0 unspecified atom stereocenters. The second-order valence-electron chi connectivity index (χ2n) is 3.73. The standard InChI is InChI=1S/C12H10FN3O2/c1-7(17)8-2-3-11(9(13)6-8)16-5-4-10(15-16)12(14)18/h2-6H,1H3,(H2,14,18). The van der Waals surface area contributed by atoms with Crippen molar-refractivity contribution in [3.8, 4) is 5.69 Å². The lowest BCUT2D eigenvalue weighted by atomic mass is 10.1. The summed E-state index contributed by atoms with van der Waals surface area (Å²) >= 11 is 0. The summed E-state index contributed by atoms with van der Waals surface area (Å²) in [6.07, 6.45) is 1.42. The first-order valence-electron chi connectivity index (χ1n) is 5.15. The van der Waals surface area contributed by atoms with Gasteiger partial charge in [0.25, 0.3) is 5.91 Å². The minimum atomic E-state index is -0.686. The Morgan fingerprint density at radius 2 is 2.06 bits per heavy atom. The molecule has 1 amide bonds. The molecule has 1 heterocycles. The number of hydrogen-bond acceptors (Lipinski definition) is 3. The van der Waals surface area contributed by atoms with Gasteiger partial charge in [0.2, 0.25) is 0 Å². The SMILES string of the molecule is CC(=O)c1ccc(-n2ccc(C(N)=O)n2)c(F)c1. The summed E-state index contributed by atoms with van der Waals surface area (Å²) in [5.41, 5.74) is 5.52. The molecule has 0 aliphatic heterocycles. The molecule has 2 N–H and O–H groups in total. The molecule has 92 valence electrons. The van der Waals surface area contributed by atoms with E-state index in [-0.39, 0.29) is 22.7 Å². The number of benzene rings is 1. The number of hydrogen-bond donors (Lipinski definition) is 1. The molecule has 0 atom stereocenters. The zero-order valence-corrected chi connectivity index (χ0v) is 9.55. The molecule has 0 aliphatic carbocycles. The van der Waals surface area contributed by atoms with Gasteiger partial charge in [0.05, 0.1) is 0 Å². The summed E-state index contributed by atoms with van der Waals surface area (Å²) in [6, 6.07) is 5.43. The van der Waals surface area contributed by atoms with Gasteiger partial charge in [-0.05, 0) is 31.2 Å². The molecule has 2 aromatic rings. The Bertz CT molecular complexity index is 634. The minimum absolute atomic E-state index is 0.0463. The second-order valence-corrected chi connectivity index (χ2v) is 3.73. The number of nitrogens with zero attached hydrogens (tertiary/aromatic N) is 2. The molecule has 0 radical (unpaired) electrons. The predicted molar refractivity (Wildman–Crippen MR) is 62.0 cm³/mol. The molecule has 18 heavy (non-hydrogen) atoms. The average molecular weight is 247 g/mol. The van der Waals surface area contributed by atoms with Crippen LogP contribution in [0.15, 0.2) is 30.5 Å². The molecule has 5 nitrogen and oxygen atoms in total. The molecule has 2 rings (SSSR count). The van der Waals surface area contributed by atoms with E-state index in [1.54, 1.807) is 0 Å². The van der Waals surface area contributed by atoms with Crippen LogP contribution < -0.4 is 5.73 Å². The van der Waals surface area contributed by atoms with Crippen molar-refractivity contribution in [3.05, 3.63) is 47.5 Å². The summed E-state index contributed by atoms with van der Waals surface area (Å²) in [4.78, 5) is 22.0. The number of rotatable bonds is 3. The fourth-order valence-corrected chi connectivity index (χ4v) is 1.50. The number of carbonyl (C=O) groups excluding carboxylic acids is 2. The van der Waals surface area contributed by atoms with Crippen LogP contribution in [0.2, 0.25) is 0 Å². The van der Waals surface area contributed by atoms with Gasteiger partial charge < -0.3 is 5.73 Å². The van der Waals surface area contributed by atoms with Gasteiger partial charge in [-0.15, -0.1) is 0 Å². The van der Waals surface area contributed by atoms with Crippen molar-refractivity contribution >= 4 is 11.7 Å². The number of aromatic nitrogens is 2. The highest BCUT2D eigenvalue weighted by atomic mass is 19.1. The van der Waals surface area contributed by atoms with E-state index in [1.807, 2.05) is 0 Å². The van der Waals surface area contributed by atoms with Crippen LogP contribution in [0.25, 0.3) is 5.69 Å². The van der Waals surface area contributed by atoms with Crippen LogP contribution in [0.5, 0.6) is 0 Å². The van der Waals surface area contributed by atoms with E-state index >= 15 is 0 Å². The third kappa shape index (κ3) is 2.13. The van der Waals surface area contributed by atoms with Gasteiger partial charge in [-0.25, -0.2) is 9.07 Å². The van der Waals surface area contributed by atoms with Gasteiger partial charge in [-0.3, -0.25) is 9.59 Å². The second kappa shape index (κ2) is 4.40. The number of nitrogens with two attached hydrogens (primary N) is 1. The van der Waals surface area contributed by atoms with Crippen LogP contribution in [0, 0.1) is 5.82 Å². The van der Waals surface area contributed by atoms with Gasteiger partial charge in [-0.1, -0.05) is 0 Å². The third-order valence-electron chi connectivity index (χ3n) is 2.44. The topological polar surface area (TPSA) is 78.0 Å². The van der Waals surface area contributed by atoms with Gasteiger partial charge >= 0.3 is 0 Å². The van der Waals surface area contributed by atoms with E-state index in [9.17, 15) is 14.0 Å². The maximum Gasteiger partial charge on any atom is 0.269 e. The normalized spacial score (nSPS) is 10.3.